The molecule has 10 heteroatoms. The average molecular weight is 460 g/mol. The third-order valence-corrected chi connectivity index (χ3v) is 6.01. The number of nitrogens with zero attached hydrogens (tertiary/aromatic N) is 7. The van der Waals surface area contributed by atoms with Crippen LogP contribution >= 0.6 is 15.9 Å². The zero-order valence-electron chi connectivity index (χ0n) is 15.7. The number of carbonyl (C=O) groups is 1. The summed E-state index contributed by atoms with van der Waals surface area (Å²) in [6.45, 7) is 3.82. The molecule has 0 spiro atoms. The topological polar surface area (TPSA) is 78.5 Å². The molecule has 3 unspecified atom stereocenters. The van der Waals surface area contributed by atoms with Crippen LogP contribution in [0.1, 0.15) is 23.8 Å². The van der Waals surface area contributed by atoms with Crippen LogP contribution in [-0.4, -0.2) is 80.4 Å². The lowest BCUT2D eigenvalue weighted by molar-refractivity contribution is 0.0675. The van der Waals surface area contributed by atoms with Crippen LogP contribution in [0.2, 0.25) is 0 Å². The van der Waals surface area contributed by atoms with Crippen molar-refractivity contribution in [3.8, 4) is 0 Å². The number of amidine groups is 1. The summed E-state index contributed by atoms with van der Waals surface area (Å²) in [5, 5.41) is 4.38. The van der Waals surface area contributed by atoms with Crippen LogP contribution in [0, 0.1) is 0 Å². The maximum atomic E-state index is 13.3. The first kappa shape index (κ1) is 18.4. The molecule has 8 nitrogen and oxygen atoms in total. The molecule has 2 aromatic rings. The number of dihydropyridines is 1. The Balaban J connectivity index is 1.35. The van der Waals surface area contributed by atoms with E-state index in [2.05, 4.69) is 35.9 Å². The number of alkyl halides is 1. The summed E-state index contributed by atoms with van der Waals surface area (Å²) >= 11 is 3.36. The normalized spacial score (nSPS) is 26.5. The summed E-state index contributed by atoms with van der Waals surface area (Å²) in [6, 6.07) is 1.60. The number of aromatic nitrogens is 3. The highest BCUT2D eigenvalue weighted by molar-refractivity contribution is 9.10. The van der Waals surface area contributed by atoms with E-state index in [1.807, 2.05) is 13.0 Å². The number of amides is 1. The molecule has 1 fully saturated rings. The number of rotatable bonds is 2. The highest BCUT2D eigenvalue weighted by Crippen LogP contribution is 2.27. The molecular formula is C19H19BrFN7O. The maximum Gasteiger partial charge on any atom is 0.275 e. The fraction of sp³-hybridized carbons (Fsp3) is 0.421. The monoisotopic (exact) mass is 459 g/mol. The van der Waals surface area contributed by atoms with Gasteiger partial charge < -0.3 is 9.80 Å². The van der Waals surface area contributed by atoms with Crippen LogP contribution in [0.4, 0.5) is 4.39 Å². The third-order valence-electron chi connectivity index (χ3n) is 5.60. The molecule has 0 saturated carbocycles. The van der Waals surface area contributed by atoms with E-state index in [1.165, 1.54) is 0 Å². The van der Waals surface area contributed by atoms with Crippen molar-refractivity contribution < 1.29 is 9.18 Å². The number of aliphatic imine (C=N–C) groups is 2. The van der Waals surface area contributed by atoms with E-state index < -0.39 is 6.30 Å². The number of hydrogen-bond acceptors (Lipinski definition) is 6. The van der Waals surface area contributed by atoms with E-state index in [9.17, 15) is 9.18 Å². The van der Waals surface area contributed by atoms with Crippen molar-refractivity contribution in [2.24, 2.45) is 9.98 Å². The number of hydrogen-bond donors (Lipinski definition) is 0. The minimum Gasteiger partial charge on any atom is -0.348 e. The molecule has 0 aromatic carbocycles. The Morgan fingerprint density at radius 3 is 3.00 bits per heavy atom. The summed E-state index contributed by atoms with van der Waals surface area (Å²) < 4.78 is 15.7. The Labute approximate surface area is 174 Å². The molecule has 5 heterocycles. The fourth-order valence-corrected chi connectivity index (χ4v) is 4.42. The van der Waals surface area contributed by atoms with Gasteiger partial charge in [0.25, 0.3) is 5.91 Å². The van der Waals surface area contributed by atoms with Crippen molar-refractivity contribution in [1.29, 1.82) is 0 Å². The van der Waals surface area contributed by atoms with Crippen LogP contribution < -0.4 is 0 Å². The van der Waals surface area contributed by atoms with Gasteiger partial charge in [0.15, 0.2) is 17.6 Å². The summed E-state index contributed by atoms with van der Waals surface area (Å²) in [4.78, 5) is 30.0. The quantitative estimate of drug-likeness (QED) is 0.644. The van der Waals surface area contributed by atoms with Crippen LogP contribution in [-0.2, 0) is 0 Å². The summed E-state index contributed by atoms with van der Waals surface area (Å²) in [7, 11) is 0. The highest BCUT2D eigenvalue weighted by atomic mass is 79.9. The van der Waals surface area contributed by atoms with Crippen LogP contribution in [0.25, 0.3) is 5.65 Å². The average Bonchev–Trinajstić information content (AvgIpc) is 3.33. The van der Waals surface area contributed by atoms with Gasteiger partial charge in [-0.1, -0.05) is 6.08 Å². The minimum absolute atomic E-state index is 0.0673. The molecule has 1 amide bonds. The van der Waals surface area contributed by atoms with Gasteiger partial charge in [-0.3, -0.25) is 14.8 Å². The zero-order chi connectivity index (χ0) is 20.1. The SMILES string of the molecule is CC1C2=NCC(C3=CCC(F)N=C3)N2CCN1C(=O)c1cc2ncc(Br)cn2n1. The van der Waals surface area contributed by atoms with E-state index in [0.29, 0.717) is 37.4 Å². The first-order valence-electron chi connectivity index (χ1n) is 9.51. The lowest BCUT2D eigenvalue weighted by Gasteiger charge is -2.41. The van der Waals surface area contributed by atoms with Gasteiger partial charge in [0.2, 0.25) is 0 Å². The molecule has 2 aromatic heterocycles. The Bertz CT molecular complexity index is 1080. The van der Waals surface area contributed by atoms with Crippen LogP contribution in [0.5, 0.6) is 0 Å². The lowest BCUT2D eigenvalue weighted by Crippen LogP contribution is -2.58. The Morgan fingerprint density at radius 1 is 1.34 bits per heavy atom. The van der Waals surface area contributed by atoms with E-state index in [0.717, 1.165) is 15.9 Å². The smallest absolute Gasteiger partial charge is 0.275 e. The molecule has 150 valence electrons. The lowest BCUT2D eigenvalue weighted by atomic mass is 10.0. The molecule has 29 heavy (non-hydrogen) atoms. The number of halogens is 2. The Kier molecular flexibility index (Phi) is 4.45. The van der Waals surface area contributed by atoms with Gasteiger partial charge in [-0.25, -0.2) is 13.9 Å². The molecule has 3 atom stereocenters. The highest BCUT2D eigenvalue weighted by Gasteiger charge is 2.40. The van der Waals surface area contributed by atoms with Crippen molar-refractivity contribution in [2.75, 3.05) is 19.6 Å². The maximum absolute atomic E-state index is 13.3. The first-order chi connectivity index (χ1) is 14.0. The second-order valence-corrected chi connectivity index (χ2v) is 8.26. The van der Waals surface area contributed by atoms with Crippen molar-refractivity contribution in [2.45, 2.75) is 31.7 Å². The number of carbonyl (C=O) groups excluding carboxylic acids is 1. The standard InChI is InChI=1S/C19H19BrFN7O/c1-11-18-24-9-15(12-2-3-16(21)22-7-12)27(18)5-4-26(11)19(29)14-6-17-23-8-13(20)10-28(17)25-14/h2,6-8,10-11,15-16H,3-5,9H2,1H3. The summed E-state index contributed by atoms with van der Waals surface area (Å²) in [6.07, 6.45) is 6.15. The first-order valence-corrected chi connectivity index (χ1v) is 10.3. The van der Waals surface area contributed by atoms with E-state index in [1.54, 1.807) is 34.1 Å². The van der Waals surface area contributed by atoms with Gasteiger partial charge in [-0.05, 0) is 28.4 Å². The zero-order valence-corrected chi connectivity index (χ0v) is 17.3. The van der Waals surface area contributed by atoms with Gasteiger partial charge in [0, 0.05) is 44.2 Å². The van der Waals surface area contributed by atoms with Gasteiger partial charge in [-0.15, -0.1) is 0 Å². The van der Waals surface area contributed by atoms with Gasteiger partial charge in [-0.2, -0.15) is 5.10 Å². The van der Waals surface area contributed by atoms with E-state index in [4.69, 9.17) is 4.99 Å². The van der Waals surface area contributed by atoms with Gasteiger partial charge in [0.05, 0.1) is 23.1 Å². The van der Waals surface area contributed by atoms with Crippen molar-refractivity contribution in [3.05, 3.63) is 40.3 Å². The molecule has 1 saturated heterocycles. The van der Waals surface area contributed by atoms with Gasteiger partial charge >= 0.3 is 0 Å². The third kappa shape index (κ3) is 3.15. The molecule has 0 aliphatic carbocycles. The van der Waals surface area contributed by atoms with Crippen LogP contribution in [0.3, 0.4) is 0 Å². The molecule has 0 radical (unpaired) electrons. The van der Waals surface area contributed by atoms with E-state index in [-0.39, 0.29) is 18.0 Å². The summed E-state index contributed by atoms with van der Waals surface area (Å²) in [5.41, 5.74) is 1.99. The number of piperazine rings is 1. The molecule has 3 aliphatic heterocycles. The minimum atomic E-state index is -1.14. The second kappa shape index (κ2) is 7.01. The predicted octanol–water partition coefficient (Wildman–Crippen LogP) is 2.12. The molecule has 5 rings (SSSR count). The molecule has 0 bridgehead atoms. The summed E-state index contributed by atoms with van der Waals surface area (Å²) in [5.74, 6) is 0.750. The van der Waals surface area contributed by atoms with Crippen molar-refractivity contribution in [3.63, 3.8) is 0 Å². The van der Waals surface area contributed by atoms with Crippen molar-refractivity contribution in [1.82, 2.24) is 24.4 Å². The predicted molar refractivity (Wildman–Crippen MR) is 110 cm³/mol. The Morgan fingerprint density at radius 2 is 2.21 bits per heavy atom. The van der Waals surface area contributed by atoms with Gasteiger partial charge in [0.1, 0.15) is 5.84 Å². The largest absolute Gasteiger partial charge is 0.348 e. The second-order valence-electron chi connectivity index (χ2n) is 7.34. The molecule has 0 N–H and O–H groups in total. The fourth-order valence-electron chi connectivity index (χ4n) is 4.12. The van der Waals surface area contributed by atoms with E-state index >= 15 is 0 Å². The van der Waals surface area contributed by atoms with Crippen molar-refractivity contribution >= 4 is 39.5 Å². The number of fused-ring (bicyclic) bond motifs is 2. The Hall–Kier alpha value is -2.62. The molecular weight excluding hydrogens is 441 g/mol. The van der Waals surface area contributed by atoms with Crippen LogP contribution in [0.15, 0.2) is 44.6 Å². The molecule has 3 aliphatic rings.